The van der Waals surface area contributed by atoms with Gasteiger partial charge in [0.15, 0.2) is 5.16 Å². The molecule has 1 fully saturated rings. The van der Waals surface area contributed by atoms with Gasteiger partial charge in [-0.2, -0.15) is 4.31 Å². The number of carbonyl (C=O) groups excluding carboxylic acids is 1. The maximum absolute atomic E-state index is 13.2. The number of nitrogens with zero attached hydrogens (tertiary/aromatic N) is 2. The van der Waals surface area contributed by atoms with Crippen molar-refractivity contribution in [1.82, 2.24) is 14.3 Å². The average molecular weight is 487 g/mol. The fraction of sp³-hybridized carbons (Fsp3) is 0.348. The van der Waals surface area contributed by atoms with Gasteiger partial charge in [0.05, 0.1) is 21.6 Å². The molecule has 1 aliphatic heterocycles. The average Bonchev–Trinajstić information content (AvgIpc) is 3.09. The van der Waals surface area contributed by atoms with Crippen LogP contribution in [0.25, 0.3) is 10.9 Å². The highest BCUT2D eigenvalue weighted by Crippen LogP contribution is 2.26. The van der Waals surface area contributed by atoms with Gasteiger partial charge in [-0.05, 0) is 49.6 Å². The number of fused-ring (bicyclic) bond motifs is 1. The SMILES string of the molecule is Cc1ccc(NC(=O)CSc2nc3ccccc3c(=O)[nH]2)cc1S(=O)(=O)N1CCCCCC1. The molecule has 0 bridgehead atoms. The molecule has 174 valence electrons. The Morgan fingerprint density at radius 2 is 1.85 bits per heavy atom. The normalized spacial score (nSPS) is 15.3. The Labute approximate surface area is 196 Å². The maximum Gasteiger partial charge on any atom is 0.259 e. The van der Waals surface area contributed by atoms with Crippen LogP contribution in [0.3, 0.4) is 0 Å². The molecule has 1 amide bonds. The molecular weight excluding hydrogens is 460 g/mol. The number of hydrogen-bond acceptors (Lipinski definition) is 6. The van der Waals surface area contributed by atoms with Gasteiger partial charge in [0.1, 0.15) is 0 Å². The Morgan fingerprint density at radius 1 is 1.12 bits per heavy atom. The molecule has 8 nitrogen and oxygen atoms in total. The molecule has 4 rings (SSSR count). The topological polar surface area (TPSA) is 112 Å². The number of hydrogen-bond donors (Lipinski definition) is 2. The van der Waals surface area contributed by atoms with Crippen molar-refractivity contribution in [3.05, 3.63) is 58.4 Å². The largest absolute Gasteiger partial charge is 0.325 e. The van der Waals surface area contributed by atoms with Crippen molar-refractivity contribution < 1.29 is 13.2 Å². The summed E-state index contributed by atoms with van der Waals surface area (Å²) in [6.45, 7) is 2.80. The van der Waals surface area contributed by atoms with Gasteiger partial charge in [0, 0.05) is 18.8 Å². The van der Waals surface area contributed by atoms with Crippen molar-refractivity contribution in [2.75, 3.05) is 24.2 Å². The summed E-state index contributed by atoms with van der Waals surface area (Å²) < 4.78 is 28.0. The van der Waals surface area contributed by atoms with Crippen LogP contribution in [0.15, 0.2) is 57.3 Å². The van der Waals surface area contributed by atoms with Crippen LogP contribution in [0.2, 0.25) is 0 Å². The van der Waals surface area contributed by atoms with Crippen LogP contribution in [-0.2, 0) is 14.8 Å². The van der Waals surface area contributed by atoms with Gasteiger partial charge in [-0.1, -0.05) is 42.8 Å². The van der Waals surface area contributed by atoms with Crippen LogP contribution in [0.1, 0.15) is 31.2 Å². The fourth-order valence-corrected chi connectivity index (χ4v) is 6.28. The molecular formula is C23H26N4O4S2. The monoisotopic (exact) mass is 486 g/mol. The highest BCUT2D eigenvalue weighted by molar-refractivity contribution is 7.99. The summed E-state index contributed by atoms with van der Waals surface area (Å²) in [6, 6.07) is 11.9. The van der Waals surface area contributed by atoms with E-state index in [-0.39, 0.29) is 22.1 Å². The van der Waals surface area contributed by atoms with Crippen molar-refractivity contribution >= 4 is 44.3 Å². The lowest BCUT2D eigenvalue weighted by atomic mass is 10.2. The van der Waals surface area contributed by atoms with Gasteiger partial charge in [0.25, 0.3) is 5.56 Å². The highest BCUT2D eigenvalue weighted by atomic mass is 32.2. The van der Waals surface area contributed by atoms with E-state index in [1.54, 1.807) is 47.6 Å². The first-order valence-corrected chi connectivity index (χ1v) is 13.3. The van der Waals surface area contributed by atoms with Gasteiger partial charge in [0.2, 0.25) is 15.9 Å². The second-order valence-electron chi connectivity index (χ2n) is 8.02. The molecule has 0 atom stereocenters. The van der Waals surface area contributed by atoms with Crippen molar-refractivity contribution in [3.8, 4) is 0 Å². The third kappa shape index (κ3) is 5.45. The van der Waals surface area contributed by atoms with Crippen molar-refractivity contribution in [2.24, 2.45) is 0 Å². The summed E-state index contributed by atoms with van der Waals surface area (Å²) >= 11 is 1.11. The first-order valence-electron chi connectivity index (χ1n) is 10.9. The van der Waals surface area contributed by atoms with E-state index in [4.69, 9.17) is 0 Å². The highest BCUT2D eigenvalue weighted by Gasteiger charge is 2.27. The number of carbonyl (C=O) groups is 1. The fourth-order valence-electron chi connectivity index (χ4n) is 3.84. The second kappa shape index (κ2) is 10.1. The van der Waals surface area contributed by atoms with E-state index < -0.39 is 10.0 Å². The predicted molar refractivity (Wildman–Crippen MR) is 130 cm³/mol. The molecule has 0 unspecified atom stereocenters. The molecule has 1 aromatic heterocycles. The molecule has 1 saturated heterocycles. The number of aromatic amines is 1. The molecule has 0 spiro atoms. The lowest BCUT2D eigenvalue weighted by molar-refractivity contribution is -0.113. The Hall–Kier alpha value is -2.69. The second-order valence-corrected chi connectivity index (χ2v) is 10.9. The van der Waals surface area contributed by atoms with Crippen LogP contribution in [0.5, 0.6) is 0 Å². The molecule has 1 aliphatic rings. The van der Waals surface area contributed by atoms with Crippen molar-refractivity contribution in [1.29, 1.82) is 0 Å². The zero-order valence-electron chi connectivity index (χ0n) is 18.3. The molecule has 2 N–H and O–H groups in total. The first kappa shape index (κ1) is 23.5. The number of aromatic nitrogens is 2. The lowest BCUT2D eigenvalue weighted by Crippen LogP contribution is -2.32. The van der Waals surface area contributed by atoms with E-state index in [0.717, 1.165) is 37.4 Å². The van der Waals surface area contributed by atoms with E-state index in [2.05, 4.69) is 15.3 Å². The van der Waals surface area contributed by atoms with E-state index in [0.29, 0.717) is 40.4 Å². The molecule has 2 heterocycles. The maximum atomic E-state index is 13.2. The molecule has 0 radical (unpaired) electrons. The number of nitrogens with one attached hydrogen (secondary N) is 2. The van der Waals surface area contributed by atoms with Crippen LogP contribution in [0.4, 0.5) is 5.69 Å². The number of benzene rings is 2. The predicted octanol–water partition coefficient (Wildman–Crippen LogP) is 3.53. The number of amides is 1. The number of H-pyrrole nitrogens is 1. The van der Waals surface area contributed by atoms with E-state index in [1.165, 1.54) is 6.07 Å². The van der Waals surface area contributed by atoms with Crippen LogP contribution >= 0.6 is 11.8 Å². The molecule has 0 aliphatic carbocycles. The summed E-state index contributed by atoms with van der Waals surface area (Å²) in [5.41, 5.74) is 1.36. The molecule has 3 aromatic rings. The molecule has 10 heteroatoms. The van der Waals surface area contributed by atoms with Gasteiger partial charge in [-0.15, -0.1) is 0 Å². The minimum atomic E-state index is -3.63. The Kier molecular flexibility index (Phi) is 7.16. The third-order valence-corrected chi connectivity index (χ3v) is 8.50. The Bertz CT molecular complexity index is 1330. The van der Waals surface area contributed by atoms with Crippen LogP contribution in [-0.4, -0.2) is 47.4 Å². The summed E-state index contributed by atoms with van der Waals surface area (Å²) in [7, 11) is -3.63. The van der Waals surface area contributed by atoms with Crippen LogP contribution < -0.4 is 10.9 Å². The van der Waals surface area contributed by atoms with E-state index in [1.807, 2.05) is 0 Å². The standard InChI is InChI=1S/C23H26N4O4S2/c1-16-10-11-17(14-20(16)33(30,31)27-12-6-2-3-7-13-27)24-21(28)15-32-23-25-19-9-5-4-8-18(19)22(29)26-23/h4-5,8-11,14H,2-3,6-7,12-13,15H2,1H3,(H,24,28)(H,25,26,29). The van der Waals surface area contributed by atoms with Gasteiger partial charge in [-0.25, -0.2) is 13.4 Å². The van der Waals surface area contributed by atoms with Gasteiger partial charge >= 0.3 is 0 Å². The quantitative estimate of drug-likeness (QED) is 0.407. The van der Waals surface area contributed by atoms with E-state index >= 15 is 0 Å². The number of rotatable bonds is 6. The van der Waals surface area contributed by atoms with Crippen LogP contribution in [0, 0.1) is 6.92 Å². The molecule has 2 aromatic carbocycles. The minimum Gasteiger partial charge on any atom is -0.325 e. The third-order valence-electron chi connectivity index (χ3n) is 5.59. The molecule has 0 saturated carbocycles. The Balaban J connectivity index is 1.46. The minimum absolute atomic E-state index is 0.0172. The van der Waals surface area contributed by atoms with Gasteiger partial charge in [-0.3, -0.25) is 9.59 Å². The number of anilines is 1. The zero-order chi connectivity index (χ0) is 23.4. The lowest BCUT2D eigenvalue weighted by Gasteiger charge is -2.21. The summed E-state index contributed by atoms with van der Waals surface area (Å²) in [4.78, 5) is 32.0. The summed E-state index contributed by atoms with van der Waals surface area (Å²) in [6.07, 6.45) is 3.79. The number of sulfonamides is 1. The van der Waals surface area contributed by atoms with Crippen molar-refractivity contribution in [3.63, 3.8) is 0 Å². The van der Waals surface area contributed by atoms with Crippen molar-refractivity contribution in [2.45, 2.75) is 42.7 Å². The zero-order valence-corrected chi connectivity index (χ0v) is 20.0. The number of aryl methyl sites for hydroxylation is 1. The summed E-state index contributed by atoms with van der Waals surface area (Å²) in [5, 5.41) is 3.60. The molecule has 33 heavy (non-hydrogen) atoms. The first-order chi connectivity index (χ1) is 15.8. The Morgan fingerprint density at radius 3 is 2.61 bits per heavy atom. The number of thioether (sulfide) groups is 1. The summed E-state index contributed by atoms with van der Waals surface area (Å²) in [5.74, 6) is -0.304. The smallest absolute Gasteiger partial charge is 0.259 e. The number of para-hydroxylation sites is 1. The van der Waals surface area contributed by atoms with Gasteiger partial charge < -0.3 is 10.3 Å². The van der Waals surface area contributed by atoms with E-state index in [9.17, 15) is 18.0 Å².